The second-order valence-electron chi connectivity index (χ2n) is 10.9. The molecule has 1 saturated carbocycles. The van der Waals surface area contributed by atoms with Crippen molar-refractivity contribution in [2.75, 3.05) is 6.54 Å². The minimum atomic E-state index is -0.887. The topological polar surface area (TPSA) is 87.7 Å². The lowest BCUT2D eigenvalue weighted by molar-refractivity contribution is -0.147. The van der Waals surface area contributed by atoms with Crippen LogP contribution in [0.3, 0.4) is 0 Å². The minimum absolute atomic E-state index is 0.111. The average molecular weight is 498 g/mol. The number of ether oxygens (including phenoxy) is 1. The highest BCUT2D eigenvalue weighted by Gasteiger charge is 2.42. The molecule has 2 N–H and O–H groups in total. The summed E-state index contributed by atoms with van der Waals surface area (Å²) in [7, 11) is 0. The molecule has 1 aliphatic rings. The molecule has 0 saturated heterocycles. The van der Waals surface area contributed by atoms with Crippen LogP contribution in [0.15, 0.2) is 24.3 Å². The first-order chi connectivity index (χ1) is 17.0. The summed E-state index contributed by atoms with van der Waals surface area (Å²) in [6.07, 6.45) is 9.91. The van der Waals surface area contributed by atoms with Crippen LogP contribution in [0.4, 0.5) is 4.79 Å². The van der Waals surface area contributed by atoms with Gasteiger partial charge in [-0.3, -0.25) is 9.59 Å². The highest BCUT2D eigenvalue weighted by molar-refractivity contribution is 5.92. The van der Waals surface area contributed by atoms with E-state index in [9.17, 15) is 14.4 Å². The molecular weight excluding hydrogens is 454 g/mol. The van der Waals surface area contributed by atoms with Crippen LogP contribution >= 0.6 is 0 Å². The van der Waals surface area contributed by atoms with Crippen molar-refractivity contribution in [3.8, 4) is 12.3 Å². The minimum Gasteiger partial charge on any atom is -0.444 e. The van der Waals surface area contributed by atoms with E-state index >= 15 is 0 Å². The van der Waals surface area contributed by atoms with Crippen molar-refractivity contribution in [3.05, 3.63) is 35.4 Å². The van der Waals surface area contributed by atoms with Crippen LogP contribution in [0.1, 0.15) is 97.2 Å². The van der Waals surface area contributed by atoms with Crippen LogP contribution in [0.2, 0.25) is 0 Å². The van der Waals surface area contributed by atoms with Crippen LogP contribution in [0.25, 0.3) is 0 Å². The molecule has 3 amide bonds. The second kappa shape index (κ2) is 13.3. The number of hydrogen-bond acceptors (Lipinski definition) is 4. The first-order valence-electron chi connectivity index (χ1n) is 13.1. The maximum Gasteiger partial charge on any atom is 0.408 e. The van der Waals surface area contributed by atoms with Gasteiger partial charge in [-0.25, -0.2) is 4.79 Å². The molecule has 0 aliphatic heterocycles. The number of amides is 3. The maximum atomic E-state index is 14.2. The standard InChI is InChI=1S/C29H43N3O4/c1-8-10-18-30-26(33)25(23-17-12-11-14-21(23)9-2)32(22-15-13-16-22)27(34)24(19-20(3)4)31-28(35)36-29(5,6)7/h2,11-12,14,17,20,22,24-25H,8,10,13,15-16,18-19H2,1,3-7H3,(H,30,33)(H,31,35). The summed E-state index contributed by atoms with van der Waals surface area (Å²) in [5.41, 5.74) is 0.497. The number of unbranched alkanes of at least 4 members (excludes halogenated alkanes) is 1. The molecule has 7 heteroatoms. The van der Waals surface area contributed by atoms with E-state index in [-0.39, 0.29) is 23.8 Å². The molecule has 1 aromatic carbocycles. The molecule has 1 aromatic rings. The SMILES string of the molecule is C#Cc1ccccc1C(C(=O)NCCCC)N(C(=O)C(CC(C)C)NC(=O)OC(C)(C)C)C1CCC1. The van der Waals surface area contributed by atoms with Gasteiger partial charge >= 0.3 is 6.09 Å². The summed E-state index contributed by atoms with van der Waals surface area (Å²) in [5, 5.41) is 5.80. The smallest absolute Gasteiger partial charge is 0.408 e. The van der Waals surface area contributed by atoms with Gasteiger partial charge in [0, 0.05) is 18.2 Å². The van der Waals surface area contributed by atoms with Gasteiger partial charge in [0.05, 0.1) is 0 Å². The van der Waals surface area contributed by atoms with Crippen molar-refractivity contribution < 1.29 is 19.1 Å². The van der Waals surface area contributed by atoms with E-state index < -0.39 is 23.8 Å². The molecule has 0 radical (unpaired) electrons. The van der Waals surface area contributed by atoms with Gasteiger partial charge in [0.15, 0.2) is 0 Å². The van der Waals surface area contributed by atoms with Gasteiger partial charge < -0.3 is 20.3 Å². The molecule has 198 valence electrons. The van der Waals surface area contributed by atoms with E-state index in [1.165, 1.54) is 0 Å². The molecule has 36 heavy (non-hydrogen) atoms. The number of nitrogens with zero attached hydrogens (tertiary/aromatic N) is 1. The Kier molecular flexibility index (Phi) is 10.8. The molecular formula is C29H43N3O4. The Morgan fingerprint density at radius 1 is 1.19 bits per heavy atom. The number of carbonyl (C=O) groups is 3. The van der Waals surface area contributed by atoms with E-state index in [0.717, 1.165) is 32.1 Å². The van der Waals surface area contributed by atoms with Crippen LogP contribution in [-0.4, -0.2) is 47.0 Å². The Balaban J connectivity index is 2.51. The Bertz CT molecular complexity index is 941. The Labute approximate surface area is 216 Å². The maximum absolute atomic E-state index is 14.2. The molecule has 0 bridgehead atoms. The predicted molar refractivity (Wildman–Crippen MR) is 142 cm³/mol. The zero-order valence-electron chi connectivity index (χ0n) is 22.7. The van der Waals surface area contributed by atoms with Gasteiger partial charge in [-0.1, -0.05) is 51.3 Å². The second-order valence-corrected chi connectivity index (χ2v) is 10.9. The van der Waals surface area contributed by atoms with E-state index in [1.807, 2.05) is 32.0 Å². The van der Waals surface area contributed by atoms with E-state index in [2.05, 4.69) is 23.5 Å². The number of nitrogens with one attached hydrogen (secondary N) is 2. The first-order valence-corrected chi connectivity index (χ1v) is 13.1. The van der Waals surface area contributed by atoms with Crippen LogP contribution in [0.5, 0.6) is 0 Å². The third-order valence-corrected chi connectivity index (χ3v) is 6.19. The Morgan fingerprint density at radius 2 is 1.86 bits per heavy atom. The summed E-state index contributed by atoms with van der Waals surface area (Å²) in [4.78, 5) is 42.2. The number of alkyl carbamates (subject to hydrolysis) is 1. The van der Waals surface area contributed by atoms with Crippen molar-refractivity contribution in [2.45, 2.75) is 104 Å². The molecule has 1 fully saturated rings. The summed E-state index contributed by atoms with van der Waals surface area (Å²) < 4.78 is 5.45. The lowest BCUT2D eigenvalue weighted by Crippen LogP contribution is -2.57. The zero-order chi connectivity index (χ0) is 26.9. The molecule has 0 aromatic heterocycles. The van der Waals surface area contributed by atoms with Gasteiger partial charge in [-0.2, -0.15) is 0 Å². The molecule has 0 heterocycles. The van der Waals surface area contributed by atoms with Gasteiger partial charge in [-0.15, -0.1) is 6.42 Å². The fourth-order valence-electron chi connectivity index (χ4n) is 4.27. The van der Waals surface area contributed by atoms with Crippen LogP contribution < -0.4 is 10.6 Å². The van der Waals surface area contributed by atoms with Crippen molar-refractivity contribution in [1.29, 1.82) is 0 Å². The normalized spacial score (nSPS) is 15.3. The number of benzene rings is 1. The summed E-state index contributed by atoms with van der Waals surface area (Å²) in [6.45, 7) is 11.9. The monoisotopic (exact) mass is 497 g/mol. The fraction of sp³-hybridized carbons (Fsp3) is 0.621. The van der Waals surface area contributed by atoms with Gasteiger partial charge in [0.2, 0.25) is 11.8 Å². The average Bonchev–Trinajstić information content (AvgIpc) is 2.75. The zero-order valence-corrected chi connectivity index (χ0v) is 22.7. The van der Waals surface area contributed by atoms with E-state index in [4.69, 9.17) is 11.2 Å². The lowest BCUT2D eigenvalue weighted by Gasteiger charge is -2.44. The third kappa shape index (κ3) is 8.29. The fourth-order valence-corrected chi connectivity index (χ4v) is 4.27. The summed E-state index contributed by atoms with van der Waals surface area (Å²) in [6, 6.07) is 5.43. The first kappa shape index (κ1) is 29.2. The summed E-state index contributed by atoms with van der Waals surface area (Å²) in [5.74, 6) is 2.26. The number of rotatable bonds is 11. The van der Waals surface area contributed by atoms with Gasteiger partial charge in [0.1, 0.15) is 17.7 Å². The molecule has 7 nitrogen and oxygen atoms in total. The van der Waals surface area contributed by atoms with Crippen molar-refractivity contribution in [1.82, 2.24) is 15.5 Å². The predicted octanol–water partition coefficient (Wildman–Crippen LogP) is 4.95. The molecule has 1 aliphatic carbocycles. The number of carbonyl (C=O) groups excluding carboxylic acids is 3. The largest absolute Gasteiger partial charge is 0.444 e. The summed E-state index contributed by atoms with van der Waals surface area (Å²) >= 11 is 0. The molecule has 2 atom stereocenters. The molecule has 2 rings (SSSR count). The van der Waals surface area contributed by atoms with Crippen molar-refractivity contribution >= 4 is 17.9 Å². The quantitative estimate of drug-likeness (QED) is 0.335. The molecule has 2 unspecified atom stereocenters. The van der Waals surface area contributed by atoms with Crippen molar-refractivity contribution in [2.24, 2.45) is 5.92 Å². The van der Waals surface area contributed by atoms with Crippen LogP contribution in [0, 0.1) is 18.3 Å². The van der Waals surface area contributed by atoms with Gasteiger partial charge in [-0.05, 0) is 70.4 Å². The highest BCUT2D eigenvalue weighted by Crippen LogP contribution is 2.35. The number of terminal acetylenes is 1. The Hall–Kier alpha value is -3.01. The lowest BCUT2D eigenvalue weighted by atomic mass is 9.86. The van der Waals surface area contributed by atoms with Gasteiger partial charge in [0.25, 0.3) is 0 Å². The highest BCUT2D eigenvalue weighted by atomic mass is 16.6. The van der Waals surface area contributed by atoms with Crippen LogP contribution in [-0.2, 0) is 14.3 Å². The number of hydrogen-bond donors (Lipinski definition) is 2. The molecule has 0 spiro atoms. The van der Waals surface area contributed by atoms with Crippen molar-refractivity contribution in [3.63, 3.8) is 0 Å². The van der Waals surface area contributed by atoms with E-state index in [1.54, 1.807) is 31.7 Å². The third-order valence-electron chi connectivity index (χ3n) is 6.19. The van der Waals surface area contributed by atoms with E-state index in [0.29, 0.717) is 24.1 Å². The Morgan fingerprint density at radius 3 is 2.39 bits per heavy atom.